The molecule has 0 aromatic carbocycles. The van der Waals surface area contributed by atoms with Crippen molar-refractivity contribution in [2.45, 2.75) is 70.6 Å². The molecule has 1 N–H and O–H groups in total. The number of hydrogen-bond donors (Lipinski definition) is 1. The molecule has 2 heterocycles. The largest absolute Gasteiger partial charge is 0.352 e. The van der Waals surface area contributed by atoms with Crippen LogP contribution in [0.15, 0.2) is 6.07 Å². The highest BCUT2D eigenvalue weighted by Gasteiger charge is 2.26. The number of amides is 1. The van der Waals surface area contributed by atoms with Gasteiger partial charge in [0.05, 0.1) is 11.7 Å². The van der Waals surface area contributed by atoms with E-state index in [-0.39, 0.29) is 11.9 Å². The smallest absolute Gasteiger partial charge is 0.237 e. The summed E-state index contributed by atoms with van der Waals surface area (Å²) in [4.78, 5) is 14.8. The lowest BCUT2D eigenvalue weighted by atomic mass is 9.95. The topological polar surface area (TPSA) is 74.0 Å². The van der Waals surface area contributed by atoms with Crippen LogP contribution in [-0.4, -0.2) is 39.2 Å². The fourth-order valence-corrected chi connectivity index (χ4v) is 3.61. The van der Waals surface area contributed by atoms with Crippen LogP contribution in [0.5, 0.6) is 0 Å². The monoisotopic (exact) mass is 315 g/mol. The van der Waals surface area contributed by atoms with Crippen molar-refractivity contribution in [3.05, 3.63) is 17.5 Å². The van der Waals surface area contributed by atoms with E-state index in [1.165, 1.54) is 19.3 Å². The van der Waals surface area contributed by atoms with Crippen LogP contribution in [0.1, 0.15) is 56.8 Å². The number of nitrogens with one attached hydrogen (secondary N) is 1. The second kappa shape index (κ2) is 7.14. The van der Waals surface area contributed by atoms with E-state index in [0.29, 0.717) is 18.3 Å². The van der Waals surface area contributed by atoms with Crippen molar-refractivity contribution in [3.63, 3.8) is 0 Å². The molecule has 1 aliphatic heterocycles. The predicted molar refractivity (Wildman–Crippen MR) is 86.4 cm³/mol. The lowest BCUT2D eigenvalue weighted by Gasteiger charge is -2.29. The van der Waals surface area contributed by atoms with Crippen LogP contribution in [0.2, 0.25) is 0 Å². The molecule has 1 aliphatic carbocycles. The van der Waals surface area contributed by atoms with Gasteiger partial charge in [-0.15, -0.1) is 0 Å². The third kappa shape index (κ3) is 3.73. The van der Waals surface area contributed by atoms with Gasteiger partial charge in [0, 0.05) is 25.7 Å². The second-order valence-corrected chi connectivity index (χ2v) is 6.70. The SMILES string of the molecule is C[C@H](C(=O)NC1CCCCC1)N1CCCn2nc(C#N)cc2C1. The van der Waals surface area contributed by atoms with E-state index in [1.807, 2.05) is 17.7 Å². The Hall–Kier alpha value is -1.87. The van der Waals surface area contributed by atoms with E-state index in [9.17, 15) is 4.79 Å². The highest BCUT2D eigenvalue weighted by atomic mass is 16.2. The van der Waals surface area contributed by atoms with Crippen LogP contribution in [0.25, 0.3) is 0 Å². The highest BCUT2D eigenvalue weighted by Crippen LogP contribution is 2.19. The summed E-state index contributed by atoms with van der Waals surface area (Å²) in [6, 6.07) is 4.13. The molecule has 6 heteroatoms. The molecule has 1 fully saturated rings. The van der Waals surface area contributed by atoms with Crippen LogP contribution in [-0.2, 0) is 17.9 Å². The number of nitrogens with zero attached hydrogens (tertiary/aromatic N) is 4. The van der Waals surface area contributed by atoms with E-state index < -0.39 is 0 Å². The number of nitriles is 1. The van der Waals surface area contributed by atoms with Crippen molar-refractivity contribution in [2.75, 3.05) is 6.54 Å². The number of hydrogen-bond acceptors (Lipinski definition) is 4. The van der Waals surface area contributed by atoms with Gasteiger partial charge in [-0.2, -0.15) is 10.4 Å². The Morgan fingerprint density at radius 1 is 1.35 bits per heavy atom. The van der Waals surface area contributed by atoms with Gasteiger partial charge < -0.3 is 5.32 Å². The summed E-state index contributed by atoms with van der Waals surface area (Å²) >= 11 is 0. The fourth-order valence-electron chi connectivity index (χ4n) is 3.61. The minimum atomic E-state index is -0.149. The molecule has 6 nitrogen and oxygen atoms in total. The van der Waals surface area contributed by atoms with Gasteiger partial charge in [-0.05, 0) is 32.3 Å². The van der Waals surface area contributed by atoms with E-state index in [2.05, 4.69) is 21.4 Å². The van der Waals surface area contributed by atoms with E-state index >= 15 is 0 Å². The zero-order chi connectivity index (χ0) is 16.2. The molecule has 23 heavy (non-hydrogen) atoms. The summed E-state index contributed by atoms with van der Waals surface area (Å²) in [6.45, 7) is 4.35. The average Bonchev–Trinajstić information content (AvgIpc) is 2.86. The van der Waals surface area contributed by atoms with Gasteiger partial charge in [-0.3, -0.25) is 14.4 Å². The van der Waals surface area contributed by atoms with Crippen LogP contribution in [0.4, 0.5) is 0 Å². The third-order valence-corrected chi connectivity index (χ3v) is 5.04. The van der Waals surface area contributed by atoms with Crippen molar-refractivity contribution in [2.24, 2.45) is 0 Å². The lowest BCUT2D eigenvalue weighted by molar-refractivity contribution is -0.127. The molecule has 1 aromatic heterocycles. The predicted octanol–water partition coefficient (Wildman–Crippen LogP) is 1.80. The number of aryl methyl sites for hydroxylation is 1. The Morgan fingerprint density at radius 2 is 2.13 bits per heavy atom. The van der Waals surface area contributed by atoms with Gasteiger partial charge in [0.25, 0.3) is 0 Å². The van der Waals surface area contributed by atoms with Gasteiger partial charge in [0.2, 0.25) is 5.91 Å². The summed E-state index contributed by atoms with van der Waals surface area (Å²) in [6.07, 6.45) is 6.89. The molecule has 1 aromatic rings. The zero-order valence-corrected chi connectivity index (χ0v) is 13.8. The molecule has 0 radical (unpaired) electrons. The maximum Gasteiger partial charge on any atom is 0.237 e. The first-order valence-corrected chi connectivity index (χ1v) is 8.68. The number of aromatic nitrogens is 2. The molecular formula is C17H25N5O. The molecule has 0 spiro atoms. The number of rotatable bonds is 3. The number of carbonyl (C=O) groups is 1. The van der Waals surface area contributed by atoms with Crippen molar-refractivity contribution < 1.29 is 4.79 Å². The minimum Gasteiger partial charge on any atom is -0.352 e. The quantitative estimate of drug-likeness (QED) is 0.923. The van der Waals surface area contributed by atoms with Gasteiger partial charge in [-0.25, -0.2) is 0 Å². The highest BCUT2D eigenvalue weighted by molar-refractivity contribution is 5.81. The maximum atomic E-state index is 12.6. The molecule has 0 unspecified atom stereocenters. The molecule has 2 aliphatic rings. The van der Waals surface area contributed by atoms with Gasteiger partial charge in [-0.1, -0.05) is 19.3 Å². The summed E-state index contributed by atoms with van der Waals surface area (Å²) < 4.78 is 1.91. The van der Waals surface area contributed by atoms with E-state index in [4.69, 9.17) is 5.26 Å². The maximum absolute atomic E-state index is 12.6. The van der Waals surface area contributed by atoms with Gasteiger partial charge >= 0.3 is 0 Å². The van der Waals surface area contributed by atoms with E-state index in [0.717, 1.165) is 38.0 Å². The Morgan fingerprint density at radius 3 is 2.87 bits per heavy atom. The molecule has 1 saturated carbocycles. The summed E-state index contributed by atoms with van der Waals surface area (Å²) in [7, 11) is 0. The van der Waals surface area contributed by atoms with Crippen molar-refractivity contribution in [3.8, 4) is 6.07 Å². The van der Waals surface area contributed by atoms with Crippen molar-refractivity contribution >= 4 is 5.91 Å². The molecular weight excluding hydrogens is 290 g/mol. The Labute approximate surface area is 137 Å². The Balaban J connectivity index is 1.63. The Bertz CT molecular complexity index is 597. The minimum absolute atomic E-state index is 0.130. The number of fused-ring (bicyclic) bond motifs is 1. The standard InChI is InChI=1S/C17H25N5O/c1-13(17(23)19-14-6-3-2-4-7-14)21-8-5-9-22-16(12-21)10-15(11-18)20-22/h10,13-14H,2-9,12H2,1H3,(H,19,23)/t13-/m1/s1. The lowest BCUT2D eigenvalue weighted by Crippen LogP contribution is -2.48. The van der Waals surface area contributed by atoms with Crippen LogP contribution in [0, 0.1) is 11.3 Å². The first-order valence-electron chi connectivity index (χ1n) is 8.68. The van der Waals surface area contributed by atoms with Crippen molar-refractivity contribution in [1.29, 1.82) is 5.26 Å². The molecule has 3 rings (SSSR count). The molecule has 0 bridgehead atoms. The summed E-state index contributed by atoms with van der Waals surface area (Å²) in [5.41, 5.74) is 1.48. The average molecular weight is 315 g/mol. The first kappa shape index (κ1) is 16.0. The molecule has 124 valence electrons. The van der Waals surface area contributed by atoms with Crippen molar-refractivity contribution in [1.82, 2.24) is 20.0 Å². The number of carbonyl (C=O) groups excluding carboxylic acids is 1. The van der Waals surface area contributed by atoms with Crippen LogP contribution >= 0.6 is 0 Å². The van der Waals surface area contributed by atoms with Gasteiger partial charge in [0.1, 0.15) is 6.07 Å². The zero-order valence-electron chi connectivity index (χ0n) is 13.8. The third-order valence-electron chi connectivity index (χ3n) is 5.04. The Kier molecular flexibility index (Phi) is 4.97. The van der Waals surface area contributed by atoms with E-state index in [1.54, 1.807) is 0 Å². The summed E-state index contributed by atoms with van der Waals surface area (Å²) in [5, 5.41) is 16.5. The normalized spacial score (nSPS) is 21.0. The second-order valence-electron chi connectivity index (χ2n) is 6.70. The molecule has 0 saturated heterocycles. The van der Waals surface area contributed by atoms with Crippen LogP contribution < -0.4 is 5.32 Å². The molecule has 1 amide bonds. The fraction of sp³-hybridized carbons (Fsp3) is 0.706. The summed E-state index contributed by atoms with van der Waals surface area (Å²) in [5.74, 6) is 0.130. The van der Waals surface area contributed by atoms with Gasteiger partial charge in [0.15, 0.2) is 5.69 Å². The molecule has 1 atom stereocenters. The first-order chi connectivity index (χ1) is 11.2. The van der Waals surface area contributed by atoms with Crippen LogP contribution in [0.3, 0.4) is 0 Å².